The van der Waals surface area contributed by atoms with E-state index in [4.69, 9.17) is 29.4 Å². The smallest absolute Gasteiger partial charge is 0.343 e. The highest BCUT2D eigenvalue weighted by atomic mass is 16.5. The van der Waals surface area contributed by atoms with E-state index < -0.39 is 11.9 Å². The number of hydrogen-bond acceptors (Lipinski definition) is 8. The third kappa shape index (κ3) is 15.3. The molecule has 0 amide bonds. The zero-order chi connectivity index (χ0) is 95.7. The van der Waals surface area contributed by atoms with Crippen molar-refractivity contribution in [1.82, 2.24) is 19.9 Å². The van der Waals surface area contributed by atoms with Crippen molar-refractivity contribution >= 4 is 90.1 Å². The van der Waals surface area contributed by atoms with Crippen molar-refractivity contribution in [1.29, 1.82) is 0 Å². The highest BCUT2D eigenvalue weighted by Gasteiger charge is 2.39. The monoisotopic (exact) mass is 1800 g/mol. The zero-order valence-corrected chi connectivity index (χ0v) is 81.4. The molecule has 4 N–H and O–H groups in total. The van der Waals surface area contributed by atoms with Gasteiger partial charge in [0, 0.05) is 76.4 Å². The van der Waals surface area contributed by atoms with Gasteiger partial charge in [0.25, 0.3) is 0 Å². The Bertz CT molecular complexity index is 8150. The Kier molecular flexibility index (Phi) is 20.7. The van der Waals surface area contributed by atoms with E-state index in [1.807, 2.05) is 48.5 Å². The average Bonchev–Trinajstić information content (AvgIpc) is 1.53. The predicted octanol–water partition coefficient (Wildman–Crippen LogP) is 27.3. The maximum atomic E-state index is 16.1. The quantitative estimate of drug-likeness (QED) is 0.0948. The van der Waals surface area contributed by atoms with Crippen molar-refractivity contribution in [2.45, 2.75) is 157 Å². The lowest BCUT2D eigenvalue weighted by Gasteiger charge is -2.22. The second-order valence-corrected chi connectivity index (χ2v) is 43.5. The molecule has 0 saturated carbocycles. The van der Waals surface area contributed by atoms with Crippen LogP contribution in [0.4, 0.5) is 0 Å². The molecule has 10 heterocycles. The normalized spacial score (nSPS) is 14.7. The van der Waals surface area contributed by atoms with Crippen molar-refractivity contribution in [2.75, 3.05) is 0 Å². The van der Waals surface area contributed by atoms with Crippen LogP contribution >= 0.6 is 0 Å². The first kappa shape index (κ1) is 87.7. The lowest BCUT2D eigenvalue weighted by Crippen LogP contribution is -2.17. The van der Waals surface area contributed by atoms with Crippen LogP contribution in [0, 0.1) is 21.1 Å². The SMILES string of the molecule is CC(C)(C)c1ccc(C2=C3C=CC(=N3)C(c3ccc(C(C)(C)C)cc3)=c3ccc([nH]3)=c3c4c(c(-c5ccccc5)c5cc(C(C)(C)C)ccc35)C(OC(=O)c3ccccc3)=C(N=4)c3cc(-c4cc5[nH]c4C(c4ccc(C(C)(C)C)cc4)=C4C=CC(=N4)C(c4ccc(C(C)(C)C)cc4)=c4ccc([nH]4)=c4c6c(c(-c7ccccc7)c7cc(C(C)(C)C)ccc47)C(OC(=O)c4ccccc4)=C5N=6)c2[nH]3)cc1. The first-order chi connectivity index (χ1) is 66.0. The molecule has 16 aromatic rings. The molecule has 0 atom stereocenters. The van der Waals surface area contributed by atoms with E-state index in [-0.39, 0.29) is 44.0 Å². The molecule has 12 heteroatoms. The van der Waals surface area contributed by atoms with E-state index in [9.17, 15) is 0 Å². The first-order valence-corrected chi connectivity index (χ1v) is 48.0. The van der Waals surface area contributed by atoms with Crippen LogP contribution in [0.25, 0.3) is 100 Å². The van der Waals surface area contributed by atoms with Crippen LogP contribution in [0.5, 0.6) is 0 Å². The summed E-state index contributed by atoms with van der Waals surface area (Å²) in [6.07, 6.45) is 8.64. The first-order valence-electron chi connectivity index (χ1n) is 48.0. The number of nitrogens with one attached hydrogen (secondary N) is 4. The summed E-state index contributed by atoms with van der Waals surface area (Å²) in [6.45, 7) is 40.5. The number of benzene rings is 12. The fourth-order valence-corrected chi connectivity index (χ4v) is 20.4. The molecule has 678 valence electrons. The molecule has 0 aliphatic carbocycles. The van der Waals surface area contributed by atoms with E-state index in [0.29, 0.717) is 89.7 Å². The van der Waals surface area contributed by atoms with Gasteiger partial charge in [0.15, 0.2) is 11.5 Å². The highest BCUT2D eigenvalue weighted by Crippen LogP contribution is 2.52. The Balaban J connectivity index is 0.952. The van der Waals surface area contributed by atoms with E-state index in [1.54, 1.807) is 24.3 Å². The number of nitrogens with zero attached hydrogens (tertiary/aromatic N) is 4. The van der Waals surface area contributed by atoms with E-state index in [1.165, 1.54) is 11.1 Å². The Morgan fingerprint density at radius 1 is 0.261 bits per heavy atom. The van der Waals surface area contributed by atoms with Gasteiger partial charge in [-0.2, -0.15) is 0 Å². The number of allylic oxidation sites excluding steroid dienone is 4. The molecule has 12 nitrogen and oxygen atoms in total. The molecule has 6 aliphatic rings. The number of fused-ring (bicyclic) bond motifs is 18. The van der Waals surface area contributed by atoms with Crippen molar-refractivity contribution in [2.24, 2.45) is 20.0 Å². The Morgan fingerprint density at radius 3 is 0.877 bits per heavy atom. The van der Waals surface area contributed by atoms with Crippen LogP contribution in [0.2, 0.25) is 0 Å². The fraction of sp³-hybridized carbons (Fsp3) is 0.190. The van der Waals surface area contributed by atoms with Crippen molar-refractivity contribution in [3.63, 3.8) is 0 Å². The van der Waals surface area contributed by atoms with Crippen LogP contribution < -0.4 is 21.4 Å². The molecule has 138 heavy (non-hydrogen) atoms. The molecular formula is C126H110N8O4. The molecule has 22 rings (SSSR count). The molecule has 6 aliphatic heterocycles. The maximum absolute atomic E-state index is 16.1. The molecule has 16 bridgehead atoms. The summed E-state index contributed by atoms with van der Waals surface area (Å²) in [6, 6.07) is 102. The average molecular weight is 1800 g/mol. The Hall–Kier alpha value is -15.7. The van der Waals surface area contributed by atoms with Gasteiger partial charge in [0.1, 0.15) is 11.4 Å². The largest absolute Gasteiger partial charge is 0.420 e. The van der Waals surface area contributed by atoms with Crippen LogP contribution in [-0.2, 0) is 42.0 Å². The standard InChI is InChI=1S/C126H110N8O4/c1-121(2,3)79-47-39-73(40-48-79)103-91-59-63-95(127-91)105(75-43-51-81(52-44-75)123(7,8)9)111-89(69-99(131-111)113-117(137-119(135)77-35-27-21-28-36-77)109-101(71-31-23-19-24-32-71)87-67-83(125(13,14)15)55-57-85(87)107(115(109)133-113)97-65-61-93(103)129-97)90-70-100-114-118(138-120(136)78-37-29-22-30-38-78)110-102(72-33-25-20-26-34-72)88-68-84(126(16,17)18)56-58-86(88)108(116(110)134-114)98-66-62-94(130-98)104(74-41-49-80(50-42-74)122(4,5)6)92-60-64-96(128-92)106(112(90)132-100)76-45-53-82(54-46-76)124(10,11)12/h19-70,129-132H,1-18H3. The van der Waals surface area contributed by atoms with Crippen LogP contribution in [0.3, 0.4) is 0 Å². The second kappa shape index (κ2) is 32.6. The highest BCUT2D eigenvalue weighted by molar-refractivity contribution is 6.32. The minimum atomic E-state index is -0.566. The predicted molar refractivity (Wildman–Crippen MR) is 563 cm³/mol. The van der Waals surface area contributed by atoms with Gasteiger partial charge in [-0.1, -0.05) is 343 Å². The van der Waals surface area contributed by atoms with Gasteiger partial charge in [0.2, 0.25) is 0 Å². The van der Waals surface area contributed by atoms with E-state index >= 15 is 9.59 Å². The number of H-pyrrole nitrogens is 4. The lowest BCUT2D eigenvalue weighted by molar-refractivity contribution is 0.0683. The number of aliphatic imine (C=N–C) groups is 2. The second-order valence-electron chi connectivity index (χ2n) is 43.5. The third-order valence-electron chi connectivity index (χ3n) is 28.0. The van der Waals surface area contributed by atoms with Gasteiger partial charge in [-0.3, -0.25) is 0 Å². The van der Waals surface area contributed by atoms with Crippen LogP contribution in [0.1, 0.15) is 235 Å². The van der Waals surface area contributed by atoms with Gasteiger partial charge >= 0.3 is 11.9 Å². The number of carbonyl (C=O) groups excluding carboxylic acids is 2. The summed E-state index contributed by atoms with van der Waals surface area (Å²) in [5.74, 6) is -0.621. The number of aromatic amines is 4. The van der Waals surface area contributed by atoms with Crippen molar-refractivity contribution in [3.05, 3.63) is 470 Å². The fourth-order valence-electron chi connectivity index (χ4n) is 20.4. The molecule has 0 radical (unpaired) electrons. The zero-order valence-electron chi connectivity index (χ0n) is 81.4. The molecule has 0 unspecified atom stereocenters. The van der Waals surface area contributed by atoms with Crippen LogP contribution in [-0.4, -0.2) is 43.3 Å². The summed E-state index contributed by atoms with van der Waals surface area (Å²) in [5, 5.41) is 9.88. The minimum absolute atomic E-state index is 0.146. The summed E-state index contributed by atoms with van der Waals surface area (Å²) < 4.78 is 14.9. The molecule has 4 aromatic heterocycles. The number of carbonyl (C=O) groups is 2. The minimum Gasteiger partial charge on any atom is -0.420 e. The van der Waals surface area contributed by atoms with Crippen LogP contribution in [0.15, 0.2) is 347 Å². The van der Waals surface area contributed by atoms with E-state index in [0.717, 1.165) is 154 Å². The van der Waals surface area contributed by atoms with Gasteiger partial charge < -0.3 is 29.4 Å². The lowest BCUT2D eigenvalue weighted by atomic mass is 9.83. The summed E-state index contributed by atoms with van der Waals surface area (Å²) in [5.41, 5.74) is 25.3. The molecule has 0 spiro atoms. The number of hydrogen-bond donors (Lipinski definition) is 4. The third-order valence-corrected chi connectivity index (χ3v) is 28.0. The van der Waals surface area contributed by atoms with Crippen molar-refractivity contribution < 1.29 is 19.1 Å². The summed E-state index contributed by atoms with van der Waals surface area (Å²) in [7, 11) is 0. The van der Waals surface area contributed by atoms with Crippen molar-refractivity contribution in [3.8, 4) is 33.4 Å². The molecular weight excluding hydrogens is 1690 g/mol. The topological polar surface area (TPSA) is 165 Å². The van der Waals surface area contributed by atoms with Gasteiger partial charge in [-0.25, -0.2) is 29.6 Å². The summed E-state index contributed by atoms with van der Waals surface area (Å²) in [4.78, 5) is 73.3. The van der Waals surface area contributed by atoms with Gasteiger partial charge in [-0.15, -0.1) is 0 Å². The van der Waals surface area contributed by atoms with Gasteiger partial charge in [0.05, 0.1) is 78.6 Å². The molecule has 0 fully saturated rings. The number of ether oxygens (including phenoxy) is 2. The molecule has 0 saturated heterocycles. The number of rotatable bonds is 11. The summed E-state index contributed by atoms with van der Waals surface area (Å²) >= 11 is 0. The number of esters is 2. The van der Waals surface area contributed by atoms with E-state index in [2.05, 4.69) is 387 Å². The molecule has 12 aromatic carbocycles. The number of aromatic nitrogens is 4. The van der Waals surface area contributed by atoms with Gasteiger partial charge in [-0.05, 0) is 218 Å². The maximum Gasteiger partial charge on any atom is 0.343 e. The Labute approximate surface area is 804 Å². The Morgan fingerprint density at radius 2 is 0.558 bits per heavy atom.